The van der Waals surface area contributed by atoms with Crippen LogP contribution in [0.25, 0.3) is 0 Å². The smallest absolute Gasteiger partial charge is 0.000512 e. The average Bonchev–Trinajstić information content (AvgIpc) is 1.88. The van der Waals surface area contributed by atoms with Crippen LogP contribution in [0, 0.1) is 5.41 Å². The largest absolute Gasteiger partial charge is 0.319 e. The third-order valence-electron chi connectivity index (χ3n) is 2.09. The van der Waals surface area contributed by atoms with Crippen LogP contribution in [0.5, 0.6) is 0 Å². The zero-order valence-electron chi connectivity index (χ0n) is 8.11. The van der Waals surface area contributed by atoms with Crippen molar-refractivity contribution in [2.45, 2.75) is 33.1 Å². The maximum absolute atomic E-state index is 3.78. The summed E-state index contributed by atoms with van der Waals surface area (Å²) in [6, 6.07) is 0. The second-order valence-corrected chi connectivity index (χ2v) is 3.58. The first-order chi connectivity index (χ1) is 5.18. The fourth-order valence-electron chi connectivity index (χ4n) is 1.64. The maximum atomic E-state index is 3.78. The van der Waals surface area contributed by atoms with E-state index < -0.39 is 0 Å². The van der Waals surface area contributed by atoms with Crippen molar-refractivity contribution < 1.29 is 0 Å². The van der Waals surface area contributed by atoms with E-state index in [1.54, 1.807) is 0 Å². The van der Waals surface area contributed by atoms with Crippen LogP contribution < -0.4 is 5.32 Å². The lowest BCUT2D eigenvalue weighted by atomic mass is 9.82. The van der Waals surface area contributed by atoms with Gasteiger partial charge in [-0.15, -0.1) is 6.58 Å². The Labute approximate surface area is 70.9 Å². The summed E-state index contributed by atoms with van der Waals surface area (Å²) in [5.74, 6) is 0. The Morgan fingerprint density at radius 2 is 2.18 bits per heavy atom. The molecule has 0 amide bonds. The molecule has 0 saturated heterocycles. The molecule has 0 radical (unpaired) electrons. The van der Waals surface area contributed by atoms with E-state index in [0.29, 0.717) is 5.41 Å². The predicted octanol–water partition coefficient (Wildman–Crippen LogP) is 2.59. The summed E-state index contributed by atoms with van der Waals surface area (Å²) in [6.45, 7) is 9.42. The van der Waals surface area contributed by atoms with Crippen molar-refractivity contribution in [2.24, 2.45) is 5.41 Å². The Morgan fingerprint density at radius 3 is 2.55 bits per heavy atom. The van der Waals surface area contributed by atoms with E-state index >= 15 is 0 Å². The first kappa shape index (κ1) is 10.7. The standard InChI is InChI=1S/C10H21N/c1-5-7-10(3,8-6-2)9-11-4/h5,11H,1,6-9H2,2-4H3/t10-/m0/s1. The normalized spacial score (nSPS) is 15.9. The molecule has 0 aromatic carbocycles. The highest BCUT2D eigenvalue weighted by atomic mass is 14.8. The third kappa shape index (κ3) is 4.20. The highest BCUT2D eigenvalue weighted by molar-refractivity contribution is 4.84. The van der Waals surface area contributed by atoms with Crippen LogP contribution >= 0.6 is 0 Å². The van der Waals surface area contributed by atoms with E-state index in [1.807, 2.05) is 13.1 Å². The third-order valence-corrected chi connectivity index (χ3v) is 2.09. The minimum atomic E-state index is 0.422. The molecule has 0 saturated carbocycles. The first-order valence-electron chi connectivity index (χ1n) is 4.44. The van der Waals surface area contributed by atoms with E-state index in [0.717, 1.165) is 13.0 Å². The highest BCUT2D eigenvalue weighted by Gasteiger charge is 2.19. The van der Waals surface area contributed by atoms with Crippen molar-refractivity contribution in [3.05, 3.63) is 12.7 Å². The van der Waals surface area contributed by atoms with Crippen LogP contribution in [0.15, 0.2) is 12.7 Å². The average molecular weight is 155 g/mol. The van der Waals surface area contributed by atoms with E-state index in [4.69, 9.17) is 0 Å². The molecule has 0 aliphatic carbocycles. The molecule has 0 unspecified atom stereocenters. The van der Waals surface area contributed by atoms with Crippen LogP contribution in [0.1, 0.15) is 33.1 Å². The van der Waals surface area contributed by atoms with Gasteiger partial charge in [0.1, 0.15) is 0 Å². The highest BCUT2D eigenvalue weighted by Crippen LogP contribution is 2.26. The molecule has 0 rings (SSSR count). The lowest BCUT2D eigenvalue weighted by Gasteiger charge is -2.27. The molecule has 1 nitrogen and oxygen atoms in total. The van der Waals surface area contributed by atoms with Crippen molar-refractivity contribution in [3.63, 3.8) is 0 Å². The van der Waals surface area contributed by atoms with Crippen LogP contribution in [0.4, 0.5) is 0 Å². The summed E-state index contributed by atoms with van der Waals surface area (Å²) in [6.07, 6.45) is 5.67. The fraction of sp³-hybridized carbons (Fsp3) is 0.800. The molecule has 0 fully saturated rings. The molecule has 0 bridgehead atoms. The molecule has 0 heterocycles. The van der Waals surface area contributed by atoms with Gasteiger partial charge in [0.05, 0.1) is 0 Å². The van der Waals surface area contributed by atoms with Gasteiger partial charge in [0.15, 0.2) is 0 Å². The summed E-state index contributed by atoms with van der Waals surface area (Å²) in [5.41, 5.74) is 0.422. The molecule has 1 N–H and O–H groups in total. The Kier molecular flexibility index (Phi) is 5.22. The second kappa shape index (κ2) is 5.36. The summed E-state index contributed by atoms with van der Waals surface area (Å²) in [4.78, 5) is 0. The Morgan fingerprint density at radius 1 is 1.55 bits per heavy atom. The Bertz CT molecular complexity index is 101. The first-order valence-corrected chi connectivity index (χ1v) is 4.44. The van der Waals surface area contributed by atoms with E-state index in [2.05, 4.69) is 25.7 Å². The predicted molar refractivity (Wildman–Crippen MR) is 51.8 cm³/mol. The van der Waals surface area contributed by atoms with Gasteiger partial charge >= 0.3 is 0 Å². The van der Waals surface area contributed by atoms with Crippen LogP contribution in [0.3, 0.4) is 0 Å². The maximum Gasteiger partial charge on any atom is 0.000512 e. The minimum absolute atomic E-state index is 0.422. The zero-order valence-corrected chi connectivity index (χ0v) is 8.11. The Balaban J connectivity index is 3.88. The van der Waals surface area contributed by atoms with Gasteiger partial charge in [-0.2, -0.15) is 0 Å². The molecule has 1 heteroatoms. The van der Waals surface area contributed by atoms with E-state index in [9.17, 15) is 0 Å². The van der Waals surface area contributed by atoms with Crippen LogP contribution in [-0.2, 0) is 0 Å². The molecule has 0 aromatic heterocycles. The molecule has 0 aliphatic rings. The number of hydrogen-bond acceptors (Lipinski definition) is 1. The van der Waals surface area contributed by atoms with E-state index in [-0.39, 0.29) is 0 Å². The molecule has 0 spiro atoms. The van der Waals surface area contributed by atoms with Crippen molar-refractivity contribution in [3.8, 4) is 0 Å². The van der Waals surface area contributed by atoms with Gasteiger partial charge in [0.2, 0.25) is 0 Å². The van der Waals surface area contributed by atoms with Crippen molar-refractivity contribution >= 4 is 0 Å². The van der Waals surface area contributed by atoms with Gasteiger partial charge in [-0.3, -0.25) is 0 Å². The molecular formula is C10H21N. The van der Waals surface area contributed by atoms with Gasteiger partial charge in [-0.25, -0.2) is 0 Å². The van der Waals surface area contributed by atoms with Gasteiger partial charge in [-0.1, -0.05) is 26.3 Å². The fourth-order valence-corrected chi connectivity index (χ4v) is 1.64. The molecule has 66 valence electrons. The molecule has 0 aliphatic heterocycles. The van der Waals surface area contributed by atoms with Gasteiger partial charge in [0, 0.05) is 6.54 Å². The SMILES string of the molecule is C=CC[C@@](C)(CCC)CNC. The molecule has 0 aromatic rings. The quantitative estimate of drug-likeness (QED) is 0.581. The van der Waals surface area contributed by atoms with Gasteiger partial charge < -0.3 is 5.32 Å². The number of nitrogens with one attached hydrogen (secondary N) is 1. The molecule has 1 atom stereocenters. The molecule has 11 heavy (non-hydrogen) atoms. The summed E-state index contributed by atoms with van der Waals surface area (Å²) in [5, 5.41) is 3.23. The second-order valence-electron chi connectivity index (χ2n) is 3.58. The van der Waals surface area contributed by atoms with Crippen molar-refractivity contribution in [1.82, 2.24) is 5.32 Å². The lowest BCUT2D eigenvalue weighted by molar-refractivity contribution is 0.289. The number of rotatable bonds is 6. The van der Waals surface area contributed by atoms with Crippen molar-refractivity contribution in [1.29, 1.82) is 0 Å². The summed E-state index contributed by atoms with van der Waals surface area (Å²) in [7, 11) is 2.01. The van der Waals surface area contributed by atoms with Gasteiger partial charge in [0.25, 0.3) is 0 Å². The number of hydrogen-bond donors (Lipinski definition) is 1. The monoisotopic (exact) mass is 155 g/mol. The minimum Gasteiger partial charge on any atom is -0.319 e. The van der Waals surface area contributed by atoms with Gasteiger partial charge in [-0.05, 0) is 25.3 Å². The Hall–Kier alpha value is -0.300. The van der Waals surface area contributed by atoms with Crippen LogP contribution in [-0.4, -0.2) is 13.6 Å². The number of allylic oxidation sites excluding steroid dienone is 1. The molecular weight excluding hydrogens is 134 g/mol. The topological polar surface area (TPSA) is 12.0 Å². The summed E-state index contributed by atoms with van der Waals surface area (Å²) >= 11 is 0. The lowest BCUT2D eigenvalue weighted by Crippen LogP contribution is -2.29. The van der Waals surface area contributed by atoms with Crippen LogP contribution in [0.2, 0.25) is 0 Å². The van der Waals surface area contributed by atoms with E-state index in [1.165, 1.54) is 12.8 Å². The van der Waals surface area contributed by atoms with Crippen molar-refractivity contribution in [2.75, 3.05) is 13.6 Å². The summed E-state index contributed by atoms with van der Waals surface area (Å²) < 4.78 is 0. The zero-order chi connectivity index (χ0) is 8.74.